The summed E-state index contributed by atoms with van der Waals surface area (Å²) in [6.45, 7) is 5.56. The van der Waals surface area contributed by atoms with Crippen LogP contribution in [0.5, 0.6) is 0 Å². The van der Waals surface area contributed by atoms with Crippen LogP contribution in [0.4, 0.5) is 0 Å². The first-order chi connectivity index (χ1) is 13.3. The van der Waals surface area contributed by atoms with E-state index in [1.807, 2.05) is 38.1 Å². The Labute approximate surface area is 164 Å². The van der Waals surface area contributed by atoms with Crippen molar-refractivity contribution in [3.63, 3.8) is 0 Å². The lowest BCUT2D eigenvalue weighted by atomic mass is 10.3. The van der Waals surface area contributed by atoms with Crippen LogP contribution in [-0.2, 0) is 28.6 Å². The number of carbonyl (C=O) groups excluding carboxylic acids is 1. The summed E-state index contributed by atoms with van der Waals surface area (Å²) in [5, 5.41) is 0. The summed E-state index contributed by atoms with van der Waals surface area (Å²) < 4.78 is 31.1. The summed E-state index contributed by atoms with van der Waals surface area (Å²) in [7, 11) is -1.81. The third-order valence-corrected chi connectivity index (χ3v) is 7.48. The Bertz CT molecular complexity index is 1010. The minimum Gasteiger partial charge on any atom is -0.338 e. The number of aryl methyl sites for hydroxylation is 1. The van der Waals surface area contributed by atoms with Gasteiger partial charge in [0.25, 0.3) is 10.2 Å². The van der Waals surface area contributed by atoms with E-state index in [0.717, 1.165) is 5.52 Å². The molecule has 0 N–H and O–H groups in total. The number of amides is 1. The quantitative estimate of drug-likeness (QED) is 0.676. The molecule has 3 rings (SSSR count). The van der Waals surface area contributed by atoms with Crippen molar-refractivity contribution in [3.05, 3.63) is 34.7 Å². The Kier molecular flexibility index (Phi) is 5.92. The molecule has 0 saturated carbocycles. The van der Waals surface area contributed by atoms with Gasteiger partial charge in [-0.05, 0) is 12.1 Å². The monoisotopic (exact) mass is 409 g/mol. The third-order valence-electron chi connectivity index (χ3n) is 5.29. The van der Waals surface area contributed by atoms with Gasteiger partial charge >= 0.3 is 5.69 Å². The number of carbonyl (C=O) groups is 1. The molecule has 2 aromatic rings. The number of benzene rings is 1. The molecule has 154 valence electrons. The van der Waals surface area contributed by atoms with E-state index in [0.29, 0.717) is 31.7 Å². The van der Waals surface area contributed by atoms with Crippen LogP contribution in [0.15, 0.2) is 29.1 Å². The number of fused-ring (bicyclic) bond motifs is 1. The molecule has 1 aliphatic heterocycles. The molecule has 1 saturated heterocycles. The molecule has 0 unspecified atom stereocenters. The van der Waals surface area contributed by atoms with Crippen molar-refractivity contribution in [1.29, 1.82) is 0 Å². The molecule has 10 heteroatoms. The Morgan fingerprint density at radius 1 is 1.04 bits per heavy atom. The molecular weight excluding hydrogens is 382 g/mol. The highest BCUT2D eigenvalue weighted by Crippen LogP contribution is 2.14. The number of hydrogen-bond donors (Lipinski definition) is 0. The standard InChI is InChI=1S/C18H27N5O4S/c1-4-21(5-2)28(26,27)22-12-10-20(11-13-22)17(24)14-23-16-9-7-6-8-15(16)19(3)18(23)25/h6-9H,4-5,10-14H2,1-3H3. The average molecular weight is 410 g/mol. The molecule has 2 heterocycles. The van der Waals surface area contributed by atoms with Gasteiger partial charge in [-0.2, -0.15) is 17.0 Å². The van der Waals surface area contributed by atoms with Crippen molar-refractivity contribution in [3.8, 4) is 0 Å². The summed E-state index contributed by atoms with van der Waals surface area (Å²) in [6, 6.07) is 7.34. The zero-order valence-electron chi connectivity index (χ0n) is 16.5. The first kappa shape index (κ1) is 20.6. The summed E-state index contributed by atoms with van der Waals surface area (Å²) in [5.74, 6) is -0.182. The molecule has 1 fully saturated rings. The van der Waals surface area contributed by atoms with Crippen LogP contribution in [0.1, 0.15) is 13.8 Å². The highest BCUT2D eigenvalue weighted by atomic mass is 32.2. The fraction of sp³-hybridized carbons (Fsp3) is 0.556. The SMILES string of the molecule is CCN(CC)S(=O)(=O)N1CCN(C(=O)Cn2c(=O)n(C)c3ccccc32)CC1. The van der Waals surface area contributed by atoms with Crippen molar-refractivity contribution in [2.75, 3.05) is 39.3 Å². The molecule has 0 atom stereocenters. The van der Waals surface area contributed by atoms with Gasteiger partial charge < -0.3 is 4.90 Å². The number of aromatic nitrogens is 2. The lowest BCUT2D eigenvalue weighted by Crippen LogP contribution is -2.54. The van der Waals surface area contributed by atoms with Gasteiger partial charge in [0.15, 0.2) is 0 Å². The number of imidazole rings is 1. The van der Waals surface area contributed by atoms with Gasteiger partial charge in [-0.1, -0.05) is 26.0 Å². The van der Waals surface area contributed by atoms with E-state index in [1.54, 1.807) is 11.9 Å². The summed E-state index contributed by atoms with van der Waals surface area (Å²) in [5.41, 5.74) is 1.25. The number of hydrogen-bond acceptors (Lipinski definition) is 4. The van der Waals surface area contributed by atoms with Crippen molar-refractivity contribution >= 4 is 27.1 Å². The van der Waals surface area contributed by atoms with Gasteiger partial charge in [-0.25, -0.2) is 4.79 Å². The van der Waals surface area contributed by atoms with Gasteiger partial charge in [0.2, 0.25) is 5.91 Å². The molecular formula is C18H27N5O4S. The van der Waals surface area contributed by atoms with Crippen molar-refractivity contribution < 1.29 is 13.2 Å². The van der Waals surface area contributed by atoms with Crippen LogP contribution < -0.4 is 5.69 Å². The Hall–Kier alpha value is -2.17. The van der Waals surface area contributed by atoms with E-state index < -0.39 is 10.2 Å². The lowest BCUT2D eigenvalue weighted by molar-refractivity contribution is -0.133. The van der Waals surface area contributed by atoms with Gasteiger partial charge in [-0.15, -0.1) is 0 Å². The van der Waals surface area contributed by atoms with Gasteiger partial charge in [0, 0.05) is 46.3 Å². The smallest absolute Gasteiger partial charge is 0.329 e. The molecule has 28 heavy (non-hydrogen) atoms. The number of nitrogens with zero attached hydrogens (tertiary/aromatic N) is 5. The summed E-state index contributed by atoms with van der Waals surface area (Å²) in [4.78, 5) is 26.9. The molecule has 0 radical (unpaired) electrons. The van der Waals surface area contributed by atoms with E-state index in [2.05, 4.69) is 0 Å². The first-order valence-corrected chi connectivity index (χ1v) is 10.9. The molecule has 0 bridgehead atoms. The van der Waals surface area contributed by atoms with Gasteiger partial charge in [0.1, 0.15) is 6.54 Å². The van der Waals surface area contributed by atoms with Crippen molar-refractivity contribution in [2.45, 2.75) is 20.4 Å². The third kappa shape index (κ3) is 3.59. The maximum absolute atomic E-state index is 12.8. The first-order valence-electron chi connectivity index (χ1n) is 9.48. The maximum atomic E-state index is 12.8. The predicted molar refractivity (Wildman–Crippen MR) is 107 cm³/mol. The van der Waals surface area contributed by atoms with Crippen molar-refractivity contribution in [2.24, 2.45) is 7.05 Å². The van der Waals surface area contributed by atoms with Crippen LogP contribution >= 0.6 is 0 Å². The molecule has 9 nitrogen and oxygen atoms in total. The Morgan fingerprint density at radius 3 is 2.18 bits per heavy atom. The van der Waals surface area contributed by atoms with E-state index >= 15 is 0 Å². The van der Waals surface area contributed by atoms with Gasteiger partial charge in [-0.3, -0.25) is 13.9 Å². The van der Waals surface area contributed by atoms with Crippen LogP contribution in [0.25, 0.3) is 11.0 Å². The highest BCUT2D eigenvalue weighted by Gasteiger charge is 2.32. The number of piperazine rings is 1. The lowest BCUT2D eigenvalue weighted by Gasteiger charge is -2.36. The summed E-state index contributed by atoms with van der Waals surface area (Å²) >= 11 is 0. The fourth-order valence-electron chi connectivity index (χ4n) is 3.63. The average Bonchev–Trinajstić information content (AvgIpc) is 2.94. The minimum absolute atomic E-state index is 0.0526. The van der Waals surface area contributed by atoms with Crippen LogP contribution in [0.3, 0.4) is 0 Å². The highest BCUT2D eigenvalue weighted by molar-refractivity contribution is 7.86. The van der Waals surface area contributed by atoms with Crippen LogP contribution in [-0.4, -0.2) is 76.2 Å². The summed E-state index contributed by atoms with van der Waals surface area (Å²) in [6.07, 6.45) is 0. The zero-order valence-corrected chi connectivity index (χ0v) is 17.4. The molecule has 0 spiro atoms. The Balaban J connectivity index is 1.70. The zero-order chi connectivity index (χ0) is 20.5. The van der Waals surface area contributed by atoms with Crippen LogP contribution in [0.2, 0.25) is 0 Å². The second kappa shape index (κ2) is 8.06. The van der Waals surface area contributed by atoms with E-state index in [-0.39, 0.29) is 31.2 Å². The van der Waals surface area contributed by atoms with Crippen LogP contribution in [0, 0.1) is 0 Å². The van der Waals surface area contributed by atoms with E-state index in [9.17, 15) is 18.0 Å². The molecule has 1 aliphatic rings. The van der Waals surface area contributed by atoms with Crippen molar-refractivity contribution in [1.82, 2.24) is 22.6 Å². The topological polar surface area (TPSA) is 87.9 Å². The molecule has 1 aromatic carbocycles. The van der Waals surface area contributed by atoms with E-state index in [4.69, 9.17) is 0 Å². The largest absolute Gasteiger partial charge is 0.338 e. The van der Waals surface area contributed by atoms with Gasteiger partial charge in [0.05, 0.1) is 11.0 Å². The normalized spacial score (nSPS) is 16.2. The fourth-order valence-corrected chi connectivity index (χ4v) is 5.24. The number of rotatable bonds is 6. The van der Waals surface area contributed by atoms with E-state index in [1.165, 1.54) is 17.7 Å². The molecule has 0 aliphatic carbocycles. The molecule has 1 amide bonds. The second-order valence-corrected chi connectivity index (χ2v) is 8.72. The second-order valence-electron chi connectivity index (χ2n) is 6.79. The Morgan fingerprint density at radius 2 is 1.61 bits per heavy atom. The molecule has 1 aromatic heterocycles. The number of para-hydroxylation sites is 2. The maximum Gasteiger partial charge on any atom is 0.329 e. The predicted octanol–water partition coefficient (Wildman–Crippen LogP) is 0.0708. The minimum atomic E-state index is -3.49.